The molecule has 1 aromatic carbocycles. The van der Waals surface area contributed by atoms with Crippen LogP contribution in [-0.4, -0.2) is 41.8 Å². The minimum Gasteiger partial charge on any atom is -0.395 e. The van der Waals surface area contributed by atoms with E-state index < -0.39 is 0 Å². The standard InChI is InChI=1S/C17H18N4O3/c1-20-14-5-3-2-4-12(14)15(13(8-18)17(20)24)21-9-11(10-21)16(23)19-6-7-22/h2-5,11,22H,6-7,9-10H2,1H3,(H,19,23). The van der Waals surface area contributed by atoms with Gasteiger partial charge in [-0.05, 0) is 6.07 Å². The fraction of sp³-hybridized carbons (Fsp3) is 0.353. The van der Waals surface area contributed by atoms with E-state index in [1.54, 1.807) is 7.05 Å². The normalized spacial score (nSPS) is 14.3. The first-order valence-corrected chi connectivity index (χ1v) is 7.73. The van der Waals surface area contributed by atoms with Crippen LogP contribution in [0, 0.1) is 17.2 Å². The third-order valence-corrected chi connectivity index (χ3v) is 4.37. The number of para-hydroxylation sites is 1. The number of aliphatic hydroxyl groups excluding tert-OH is 1. The molecule has 0 bridgehead atoms. The Bertz CT molecular complexity index is 891. The lowest BCUT2D eigenvalue weighted by atomic mass is 9.95. The van der Waals surface area contributed by atoms with Crippen LogP contribution < -0.4 is 15.8 Å². The summed E-state index contributed by atoms with van der Waals surface area (Å²) >= 11 is 0. The van der Waals surface area contributed by atoms with Gasteiger partial charge in [0, 0.05) is 32.1 Å². The molecule has 0 saturated carbocycles. The molecule has 2 heterocycles. The Morgan fingerprint density at radius 1 is 1.42 bits per heavy atom. The molecule has 3 rings (SSSR count). The second-order valence-corrected chi connectivity index (χ2v) is 5.83. The van der Waals surface area contributed by atoms with Gasteiger partial charge in [-0.25, -0.2) is 0 Å². The van der Waals surface area contributed by atoms with Gasteiger partial charge in [-0.2, -0.15) is 5.26 Å². The summed E-state index contributed by atoms with van der Waals surface area (Å²) in [6.07, 6.45) is 0. The van der Waals surface area contributed by atoms with Gasteiger partial charge in [0.15, 0.2) is 0 Å². The first-order valence-electron chi connectivity index (χ1n) is 7.73. The van der Waals surface area contributed by atoms with Gasteiger partial charge in [0.1, 0.15) is 11.6 Å². The van der Waals surface area contributed by atoms with Crippen LogP contribution in [0.1, 0.15) is 5.56 Å². The van der Waals surface area contributed by atoms with Crippen LogP contribution in [0.5, 0.6) is 0 Å². The molecule has 24 heavy (non-hydrogen) atoms. The largest absolute Gasteiger partial charge is 0.395 e. The molecule has 124 valence electrons. The highest BCUT2D eigenvalue weighted by molar-refractivity contribution is 5.96. The van der Waals surface area contributed by atoms with Gasteiger partial charge < -0.3 is 19.9 Å². The van der Waals surface area contributed by atoms with Crippen molar-refractivity contribution in [1.29, 1.82) is 5.26 Å². The molecule has 0 radical (unpaired) electrons. The van der Waals surface area contributed by atoms with Crippen LogP contribution >= 0.6 is 0 Å². The monoisotopic (exact) mass is 326 g/mol. The Balaban J connectivity index is 1.97. The Hall–Kier alpha value is -2.85. The van der Waals surface area contributed by atoms with Crippen LogP contribution in [-0.2, 0) is 11.8 Å². The number of carbonyl (C=O) groups is 1. The van der Waals surface area contributed by atoms with E-state index >= 15 is 0 Å². The molecule has 0 atom stereocenters. The lowest BCUT2D eigenvalue weighted by Crippen LogP contribution is -2.54. The third-order valence-electron chi connectivity index (χ3n) is 4.37. The van der Waals surface area contributed by atoms with Crippen molar-refractivity contribution in [3.05, 3.63) is 40.2 Å². The number of rotatable bonds is 4. The number of carbonyl (C=O) groups excluding carboxylic acids is 1. The number of nitrogens with zero attached hydrogens (tertiary/aromatic N) is 3. The minimum atomic E-state index is -0.334. The van der Waals surface area contributed by atoms with Gasteiger partial charge in [-0.15, -0.1) is 0 Å². The Labute approximate surface area is 138 Å². The second kappa shape index (κ2) is 6.34. The van der Waals surface area contributed by atoms with Crippen LogP contribution in [0.25, 0.3) is 10.9 Å². The first kappa shape index (κ1) is 16.0. The maximum atomic E-state index is 12.4. The summed E-state index contributed by atoms with van der Waals surface area (Å²) in [5.41, 5.74) is 1.12. The third kappa shape index (κ3) is 2.51. The van der Waals surface area contributed by atoms with Crippen LogP contribution in [0.4, 0.5) is 5.69 Å². The molecule has 0 aliphatic carbocycles. The Morgan fingerprint density at radius 3 is 2.79 bits per heavy atom. The van der Waals surface area contributed by atoms with E-state index in [1.165, 1.54) is 4.57 Å². The number of pyridine rings is 1. The van der Waals surface area contributed by atoms with Crippen molar-refractivity contribution in [2.45, 2.75) is 0 Å². The van der Waals surface area contributed by atoms with E-state index in [-0.39, 0.29) is 36.1 Å². The summed E-state index contributed by atoms with van der Waals surface area (Å²) in [6.45, 7) is 1.03. The minimum absolute atomic E-state index is 0.0971. The fourth-order valence-corrected chi connectivity index (χ4v) is 3.06. The summed E-state index contributed by atoms with van der Waals surface area (Å²) in [6, 6.07) is 9.44. The summed E-state index contributed by atoms with van der Waals surface area (Å²) in [5.74, 6) is -0.321. The van der Waals surface area contributed by atoms with E-state index in [4.69, 9.17) is 5.11 Å². The zero-order chi connectivity index (χ0) is 17.3. The van der Waals surface area contributed by atoms with Crippen LogP contribution in [0.3, 0.4) is 0 Å². The number of fused-ring (bicyclic) bond motifs is 1. The zero-order valence-corrected chi connectivity index (χ0v) is 13.3. The number of anilines is 1. The number of hydrogen-bond donors (Lipinski definition) is 2. The van der Waals surface area contributed by atoms with E-state index in [1.807, 2.05) is 35.2 Å². The molecule has 0 unspecified atom stereocenters. The number of benzene rings is 1. The molecule has 1 saturated heterocycles. The fourth-order valence-electron chi connectivity index (χ4n) is 3.06. The van der Waals surface area contributed by atoms with Gasteiger partial charge in [0.05, 0.1) is 23.7 Å². The Kier molecular flexibility index (Phi) is 4.23. The number of nitrogens with one attached hydrogen (secondary N) is 1. The molecule has 1 amide bonds. The average molecular weight is 326 g/mol. The molecular formula is C17H18N4O3. The van der Waals surface area contributed by atoms with Gasteiger partial charge in [0.25, 0.3) is 5.56 Å². The number of hydrogen-bond acceptors (Lipinski definition) is 5. The van der Waals surface area contributed by atoms with Gasteiger partial charge in [-0.3, -0.25) is 9.59 Å². The predicted molar refractivity (Wildman–Crippen MR) is 89.7 cm³/mol. The molecule has 2 aromatic rings. The van der Waals surface area contributed by atoms with Gasteiger partial charge >= 0.3 is 0 Å². The molecular weight excluding hydrogens is 308 g/mol. The maximum Gasteiger partial charge on any atom is 0.270 e. The molecule has 7 nitrogen and oxygen atoms in total. The number of aliphatic hydroxyl groups is 1. The highest BCUT2D eigenvalue weighted by Gasteiger charge is 2.35. The van der Waals surface area contributed by atoms with E-state index in [0.717, 1.165) is 10.9 Å². The van der Waals surface area contributed by atoms with E-state index in [9.17, 15) is 14.9 Å². The molecule has 1 fully saturated rings. The number of nitriles is 1. The van der Waals surface area contributed by atoms with E-state index in [2.05, 4.69) is 5.32 Å². The summed E-state index contributed by atoms with van der Waals surface area (Å²) < 4.78 is 1.47. The highest BCUT2D eigenvalue weighted by Crippen LogP contribution is 2.33. The summed E-state index contributed by atoms with van der Waals surface area (Å²) in [5, 5.41) is 21.7. The molecule has 1 aliphatic heterocycles. The highest BCUT2D eigenvalue weighted by atomic mass is 16.3. The number of aromatic nitrogens is 1. The summed E-state index contributed by atoms with van der Waals surface area (Å²) in [7, 11) is 1.65. The van der Waals surface area contributed by atoms with Crippen molar-refractivity contribution in [2.75, 3.05) is 31.1 Å². The van der Waals surface area contributed by atoms with Crippen molar-refractivity contribution in [3.8, 4) is 6.07 Å². The second-order valence-electron chi connectivity index (χ2n) is 5.83. The van der Waals surface area contributed by atoms with Crippen molar-refractivity contribution in [3.63, 3.8) is 0 Å². The first-order chi connectivity index (χ1) is 11.6. The lowest BCUT2D eigenvalue weighted by Gasteiger charge is -2.41. The smallest absolute Gasteiger partial charge is 0.270 e. The van der Waals surface area contributed by atoms with Crippen molar-refractivity contribution >= 4 is 22.5 Å². The average Bonchev–Trinajstić information content (AvgIpc) is 2.56. The van der Waals surface area contributed by atoms with Crippen molar-refractivity contribution < 1.29 is 9.90 Å². The van der Waals surface area contributed by atoms with Crippen LogP contribution in [0.15, 0.2) is 29.1 Å². The van der Waals surface area contributed by atoms with Gasteiger partial charge in [-0.1, -0.05) is 18.2 Å². The van der Waals surface area contributed by atoms with Crippen LogP contribution in [0.2, 0.25) is 0 Å². The molecule has 1 aromatic heterocycles. The topological polar surface area (TPSA) is 98.4 Å². The predicted octanol–water partition coefficient (Wildman–Crippen LogP) is -0.0451. The maximum absolute atomic E-state index is 12.4. The molecule has 2 N–H and O–H groups in total. The molecule has 1 aliphatic rings. The molecule has 0 spiro atoms. The number of amides is 1. The van der Waals surface area contributed by atoms with E-state index in [0.29, 0.717) is 18.8 Å². The van der Waals surface area contributed by atoms with Gasteiger partial charge in [0.2, 0.25) is 5.91 Å². The SMILES string of the molecule is Cn1c(=O)c(C#N)c(N2CC(C(=O)NCCO)C2)c2ccccc21. The van der Waals surface area contributed by atoms with Crippen molar-refractivity contribution in [1.82, 2.24) is 9.88 Å². The number of aryl methyl sites for hydroxylation is 1. The zero-order valence-electron chi connectivity index (χ0n) is 13.3. The quantitative estimate of drug-likeness (QED) is 0.821. The summed E-state index contributed by atoms with van der Waals surface area (Å²) in [4.78, 5) is 26.3. The lowest BCUT2D eigenvalue weighted by molar-refractivity contribution is -0.125. The van der Waals surface area contributed by atoms with Crippen molar-refractivity contribution in [2.24, 2.45) is 13.0 Å². The Morgan fingerprint density at radius 2 is 2.12 bits per heavy atom. The molecule has 7 heteroatoms.